The van der Waals surface area contributed by atoms with Crippen LogP contribution in [0.1, 0.15) is 33.5 Å². The molecule has 0 atom stereocenters. The van der Waals surface area contributed by atoms with E-state index in [1.165, 1.54) is 0 Å². The Hall–Kier alpha value is -1.22. The lowest BCUT2D eigenvalue weighted by molar-refractivity contribution is 0.363. The first-order chi connectivity index (χ1) is 8.12. The number of hydrogen-bond acceptors (Lipinski definition) is 2. The van der Waals surface area contributed by atoms with Crippen molar-refractivity contribution in [2.24, 2.45) is 0 Å². The quantitative estimate of drug-likeness (QED) is 0.547. The highest BCUT2D eigenvalue weighted by atomic mass is 28.4. The van der Waals surface area contributed by atoms with E-state index in [0.29, 0.717) is 5.95 Å². The van der Waals surface area contributed by atoms with Gasteiger partial charge >= 0.3 is 0 Å². The van der Waals surface area contributed by atoms with Gasteiger partial charge in [0.1, 0.15) is 5.76 Å². The molecule has 0 aromatic carbocycles. The maximum Gasteiger partial charge on any atom is 0.270 e. The van der Waals surface area contributed by atoms with Crippen molar-refractivity contribution < 1.29 is 8.84 Å². The molecule has 3 heteroatoms. The highest BCUT2D eigenvalue weighted by Gasteiger charge is 2.39. The van der Waals surface area contributed by atoms with E-state index in [2.05, 4.69) is 40.4 Å². The molecule has 18 heavy (non-hydrogen) atoms. The van der Waals surface area contributed by atoms with Crippen LogP contribution in [-0.4, -0.2) is 8.32 Å². The highest BCUT2D eigenvalue weighted by Crippen LogP contribution is 2.37. The van der Waals surface area contributed by atoms with Gasteiger partial charge < -0.3 is 8.84 Å². The maximum absolute atomic E-state index is 6.07. The van der Waals surface area contributed by atoms with Gasteiger partial charge in [0.15, 0.2) is 0 Å². The second-order valence-corrected chi connectivity index (χ2v) is 10.9. The van der Waals surface area contributed by atoms with E-state index in [1.54, 1.807) is 0 Å². The summed E-state index contributed by atoms with van der Waals surface area (Å²) in [7, 11) is -1.81. The molecule has 0 saturated carbocycles. The van der Waals surface area contributed by atoms with E-state index >= 15 is 0 Å². The van der Waals surface area contributed by atoms with E-state index in [9.17, 15) is 0 Å². The molecule has 1 rings (SSSR count). The largest absolute Gasteiger partial charge is 0.519 e. The van der Waals surface area contributed by atoms with Crippen molar-refractivity contribution in [1.82, 2.24) is 0 Å². The Bertz CT molecular complexity index is 447. The minimum Gasteiger partial charge on any atom is -0.519 e. The smallest absolute Gasteiger partial charge is 0.270 e. The van der Waals surface area contributed by atoms with Crippen LogP contribution in [0, 0.1) is 0 Å². The molecule has 1 aromatic rings. The molecular formula is C15H24O2Si. The Morgan fingerprint density at radius 3 is 2.44 bits per heavy atom. The molecule has 0 aliphatic carbocycles. The second kappa shape index (κ2) is 5.18. The van der Waals surface area contributed by atoms with Crippen molar-refractivity contribution in [2.75, 3.05) is 0 Å². The van der Waals surface area contributed by atoms with Gasteiger partial charge in [-0.15, -0.1) is 0 Å². The van der Waals surface area contributed by atoms with Crippen LogP contribution >= 0.6 is 0 Å². The van der Waals surface area contributed by atoms with E-state index in [4.69, 9.17) is 8.84 Å². The topological polar surface area (TPSA) is 22.4 Å². The van der Waals surface area contributed by atoms with Gasteiger partial charge in [0.2, 0.25) is 0 Å². The van der Waals surface area contributed by atoms with Crippen LogP contribution in [0.15, 0.2) is 34.8 Å². The standard InChI is InChI=1S/C15H24O2Si/c1-12(2)8-9-13-10-11-14(16-13)17-18(6,7)15(3,4)5/h8-11H,1H2,2-7H3/b9-8+. The van der Waals surface area contributed by atoms with Gasteiger partial charge in [-0.25, -0.2) is 0 Å². The second-order valence-electron chi connectivity index (χ2n) is 6.20. The van der Waals surface area contributed by atoms with E-state index in [1.807, 2.05) is 31.2 Å². The summed E-state index contributed by atoms with van der Waals surface area (Å²) in [6.45, 7) is 16.8. The molecule has 0 aliphatic rings. The maximum atomic E-state index is 6.07. The Morgan fingerprint density at radius 1 is 1.33 bits per heavy atom. The number of hydrogen-bond donors (Lipinski definition) is 0. The normalized spacial score (nSPS) is 13.0. The molecular weight excluding hydrogens is 240 g/mol. The zero-order valence-corrected chi connectivity index (χ0v) is 13.3. The third-order valence-electron chi connectivity index (χ3n) is 3.30. The van der Waals surface area contributed by atoms with Crippen LogP contribution in [0.5, 0.6) is 5.95 Å². The molecule has 1 heterocycles. The molecule has 1 aromatic heterocycles. The average Bonchev–Trinajstić information content (AvgIpc) is 2.60. The third-order valence-corrected chi connectivity index (χ3v) is 7.62. The van der Waals surface area contributed by atoms with E-state index in [-0.39, 0.29) is 5.04 Å². The van der Waals surface area contributed by atoms with Crippen LogP contribution in [0.3, 0.4) is 0 Å². The summed E-state index contributed by atoms with van der Waals surface area (Å²) >= 11 is 0. The number of allylic oxidation sites excluding steroid dienone is 2. The van der Waals surface area contributed by atoms with Gasteiger partial charge in [-0.3, -0.25) is 0 Å². The fourth-order valence-electron chi connectivity index (χ4n) is 1.11. The molecule has 0 spiro atoms. The average molecular weight is 264 g/mol. The van der Waals surface area contributed by atoms with Crippen LogP contribution < -0.4 is 4.43 Å². The van der Waals surface area contributed by atoms with Gasteiger partial charge in [-0.05, 0) is 37.2 Å². The summed E-state index contributed by atoms with van der Waals surface area (Å²) in [4.78, 5) is 0. The zero-order chi connectivity index (χ0) is 14.0. The van der Waals surface area contributed by atoms with Crippen LogP contribution in [0.2, 0.25) is 18.1 Å². The Kier molecular flexibility index (Phi) is 4.27. The number of furan rings is 1. The predicted octanol–water partition coefficient (Wildman–Crippen LogP) is 5.25. The molecule has 0 fully saturated rings. The van der Waals surface area contributed by atoms with Crippen molar-refractivity contribution in [3.05, 3.63) is 36.1 Å². The molecule has 0 aliphatic heterocycles. The van der Waals surface area contributed by atoms with Crippen LogP contribution in [-0.2, 0) is 0 Å². The summed E-state index contributed by atoms with van der Waals surface area (Å²) in [5.74, 6) is 1.41. The van der Waals surface area contributed by atoms with Gasteiger partial charge in [0.05, 0.1) is 0 Å². The van der Waals surface area contributed by atoms with Gasteiger partial charge in [0, 0.05) is 6.07 Å². The Balaban J connectivity index is 2.79. The SMILES string of the molecule is C=C(C)/C=C/c1ccc(O[Si](C)(C)C(C)(C)C)o1. The molecule has 0 radical (unpaired) electrons. The first-order valence-electron chi connectivity index (χ1n) is 6.24. The molecule has 0 saturated heterocycles. The fourth-order valence-corrected chi connectivity index (χ4v) is 2.03. The molecule has 0 bridgehead atoms. The first-order valence-corrected chi connectivity index (χ1v) is 9.15. The van der Waals surface area contributed by atoms with Crippen molar-refractivity contribution in [1.29, 1.82) is 0 Å². The summed E-state index contributed by atoms with van der Waals surface area (Å²) in [5, 5.41) is 0.174. The highest BCUT2D eigenvalue weighted by molar-refractivity contribution is 6.74. The Morgan fingerprint density at radius 2 is 1.94 bits per heavy atom. The predicted molar refractivity (Wildman–Crippen MR) is 80.4 cm³/mol. The van der Waals surface area contributed by atoms with E-state index < -0.39 is 8.32 Å². The van der Waals surface area contributed by atoms with Gasteiger partial charge in [0.25, 0.3) is 14.3 Å². The van der Waals surface area contributed by atoms with Gasteiger partial charge in [-0.2, -0.15) is 0 Å². The molecule has 0 unspecified atom stereocenters. The third kappa shape index (κ3) is 3.91. The van der Waals surface area contributed by atoms with Crippen molar-refractivity contribution in [2.45, 2.75) is 45.8 Å². The van der Waals surface area contributed by atoms with Crippen molar-refractivity contribution in [3.63, 3.8) is 0 Å². The lowest BCUT2D eigenvalue weighted by atomic mass is 10.2. The van der Waals surface area contributed by atoms with Gasteiger partial charge in [-0.1, -0.05) is 39.0 Å². The summed E-state index contributed by atoms with van der Waals surface area (Å²) in [6.07, 6.45) is 3.83. The first kappa shape index (κ1) is 14.8. The zero-order valence-electron chi connectivity index (χ0n) is 12.3. The minimum atomic E-state index is -1.81. The van der Waals surface area contributed by atoms with Crippen LogP contribution in [0.4, 0.5) is 0 Å². The fraction of sp³-hybridized carbons (Fsp3) is 0.467. The Labute approximate surface area is 111 Å². The lowest BCUT2D eigenvalue weighted by Gasteiger charge is -2.35. The number of rotatable bonds is 4. The monoisotopic (exact) mass is 264 g/mol. The molecule has 0 amide bonds. The molecule has 100 valence electrons. The minimum absolute atomic E-state index is 0.174. The van der Waals surface area contributed by atoms with Crippen molar-refractivity contribution in [3.8, 4) is 5.95 Å². The summed E-state index contributed by atoms with van der Waals surface area (Å²) in [5.41, 5.74) is 0.998. The lowest BCUT2D eigenvalue weighted by Crippen LogP contribution is -2.43. The molecule has 0 N–H and O–H groups in total. The van der Waals surface area contributed by atoms with E-state index in [0.717, 1.165) is 11.3 Å². The van der Waals surface area contributed by atoms with Crippen LogP contribution in [0.25, 0.3) is 6.08 Å². The molecule has 2 nitrogen and oxygen atoms in total. The summed E-state index contributed by atoms with van der Waals surface area (Å²) in [6, 6.07) is 3.81. The summed E-state index contributed by atoms with van der Waals surface area (Å²) < 4.78 is 11.7. The van der Waals surface area contributed by atoms with Crippen molar-refractivity contribution >= 4 is 14.4 Å².